The van der Waals surface area contributed by atoms with E-state index in [0.717, 1.165) is 12.0 Å². The second-order valence-corrected chi connectivity index (χ2v) is 9.49. The van der Waals surface area contributed by atoms with Gasteiger partial charge in [0.05, 0.1) is 24.1 Å². The van der Waals surface area contributed by atoms with E-state index in [0.29, 0.717) is 24.3 Å². The Morgan fingerprint density at radius 3 is 2.44 bits per heavy atom. The van der Waals surface area contributed by atoms with Crippen LogP contribution in [0.1, 0.15) is 24.8 Å². The summed E-state index contributed by atoms with van der Waals surface area (Å²) in [7, 11) is -3.30. The number of nitrogens with one attached hydrogen (secondary N) is 2. The molecule has 3 N–H and O–H groups in total. The summed E-state index contributed by atoms with van der Waals surface area (Å²) in [4.78, 5) is 24.2. The zero-order chi connectivity index (χ0) is 23.0. The number of carbonyl (C=O) groups excluding carboxylic acids is 2. The predicted molar refractivity (Wildman–Crippen MR) is 121 cm³/mol. The van der Waals surface area contributed by atoms with Gasteiger partial charge in [-0.2, -0.15) is 0 Å². The van der Waals surface area contributed by atoms with E-state index < -0.39 is 34.7 Å². The van der Waals surface area contributed by atoms with E-state index >= 15 is 0 Å². The number of hydrogen-bond donors (Lipinski definition) is 3. The number of alkyl carbamates (subject to hydrolysis) is 1. The summed E-state index contributed by atoms with van der Waals surface area (Å²) >= 11 is 0. The quantitative estimate of drug-likeness (QED) is 0.554. The molecule has 2 amide bonds. The minimum Gasteiger partial charge on any atom is -0.445 e. The number of ether oxygens (including phenoxy) is 1. The Labute approximate surface area is 187 Å². The highest BCUT2D eigenvalue weighted by Crippen LogP contribution is 2.25. The molecular weight excluding hydrogens is 434 g/mol. The third-order valence-electron chi connectivity index (χ3n) is 4.98. The molecule has 1 saturated heterocycles. The van der Waals surface area contributed by atoms with Gasteiger partial charge < -0.3 is 20.5 Å². The van der Waals surface area contributed by atoms with Crippen LogP contribution in [0.2, 0.25) is 0 Å². The summed E-state index contributed by atoms with van der Waals surface area (Å²) in [6, 6.07) is 14.9. The molecule has 1 fully saturated rings. The number of nitrogens with zero attached hydrogens (tertiary/aromatic N) is 1. The summed E-state index contributed by atoms with van der Waals surface area (Å²) in [5.74, 6) is -0.278. The molecular formula is C22H27N3O6S. The van der Waals surface area contributed by atoms with Crippen LogP contribution in [0.25, 0.3) is 0 Å². The first-order valence-electron chi connectivity index (χ1n) is 10.4. The van der Waals surface area contributed by atoms with Crippen LogP contribution in [0.4, 0.5) is 16.2 Å². The van der Waals surface area contributed by atoms with Gasteiger partial charge in [0.15, 0.2) is 0 Å². The zero-order valence-corrected chi connectivity index (χ0v) is 18.4. The number of benzene rings is 2. The molecule has 0 unspecified atom stereocenters. The maximum absolute atomic E-state index is 12.3. The zero-order valence-electron chi connectivity index (χ0n) is 17.6. The monoisotopic (exact) mass is 461 g/mol. The minimum atomic E-state index is -3.30. The van der Waals surface area contributed by atoms with Gasteiger partial charge in [-0.25, -0.2) is 13.2 Å². The Balaban J connectivity index is 1.48. The lowest BCUT2D eigenvalue weighted by Gasteiger charge is -2.28. The summed E-state index contributed by atoms with van der Waals surface area (Å²) in [6.45, 7) is 0.0912. The molecule has 0 radical (unpaired) electrons. The molecule has 32 heavy (non-hydrogen) atoms. The van der Waals surface area contributed by atoms with Gasteiger partial charge in [-0.15, -0.1) is 0 Å². The van der Waals surface area contributed by atoms with Crippen LogP contribution in [0.15, 0.2) is 54.6 Å². The number of rotatable bonds is 8. The van der Waals surface area contributed by atoms with Crippen molar-refractivity contribution in [3.8, 4) is 0 Å². The Morgan fingerprint density at radius 1 is 1.06 bits per heavy atom. The Bertz CT molecular complexity index is 1010. The van der Waals surface area contributed by atoms with E-state index in [1.54, 1.807) is 24.3 Å². The van der Waals surface area contributed by atoms with Gasteiger partial charge >= 0.3 is 6.09 Å². The molecule has 10 heteroatoms. The van der Waals surface area contributed by atoms with Crippen LogP contribution in [0, 0.1) is 0 Å². The van der Waals surface area contributed by atoms with E-state index in [4.69, 9.17) is 4.74 Å². The molecule has 1 aliphatic heterocycles. The van der Waals surface area contributed by atoms with Crippen LogP contribution in [-0.2, 0) is 26.2 Å². The first-order valence-corrected chi connectivity index (χ1v) is 12.0. The van der Waals surface area contributed by atoms with Gasteiger partial charge in [0.2, 0.25) is 15.9 Å². The molecule has 9 nitrogen and oxygen atoms in total. The summed E-state index contributed by atoms with van der Waals surface area (Å²) < 4.78 is 30.9. The van der Waals surface area contributed by atoms with Gasteiger partial charge in [0.1, 0.15) is 6.61 Å². The summed E-state index contributed by atoms with van der Waals surface area (Å²) in [5.41, 5.74) is 1.86. The van der Waals surface area contributed by atoms with E-state index in [2.05, 4.69) is 10.6 Å². The standard InChI is InChI=1S/C22H27N3O6S/c26-15-19(24-22(28)31-16-17-6-2-1-3-7-17)14-21(27)23-18-8-10-20(11-9-18)25-12-4-5-13-32(25,29)30/h1-3,6-11,19,26H,4-5,12-16H2,(H,23,27)(H,24,28)/t19-/m1/s1. The summed E-state index contributed by atoms with van der Waals surface area (Å²) in [5, 5.41) is 14.6. The fourth-order valence-electron chi connectivity index (χ4n) is 3.32. The number of anilines is 2. The molecule has 2 aromatic carbocycles. The van der Waals surface area contributed by atoms with E-state index in [1.807, 2.05) is 30.3 Å². The number of carbonyl (C=O) groups is 2. The van der Waals surface area contributed by atoms with Gasteiger partial charge in [0.25, 0.3) is 0 Å². The molecule has 1 aliphatic rings. The van der Waals surface area contributed by atoms with Crippen molar-refractivity contribution < 1.29 is 27.9 Å². The topological polar surface area (TPSA) is 125 Å². The van der Waals surface area contributed by atoms with Gasteiger partial charge in [0, 0.05) is 18.7 Å². The van der Waals surface area contributed by atoms with Crippen molar-refractivity contribution in [1.29, 1.82) is 0 Å². The van der Waals surface area contributed by atoms with Gasteiger partial charge in [-0.05, 0) is 42.7 Å². The number of amides is 2. The fraction of sp³-hybridized carbons (Fsp3) is 0.364. The molecule has 3 rings (SSSR count). The number of aliphatic hydroxyl groups is 1. The Hall–Kier alpha value is -3.11. The molecule has 2 aromatic rings. The van der Waals surface area contributed by atoms with Crippen molar-refractivity contribution in [3.05, 3.63) is 60.2 Å². The average molecular weight is 462 g/mol. The lowest BCUT2D eigenvalue weighted by molar-refractivity contribution is -0.116. The van der Waals surface area contributed by atoms with Crippen LogP contribution >= 0.6 is 0 Å². The Morgan fingerprint density at radius 2 is 1.78 bits per heavy atom. The minimum absolute atomic E-state index is 0.0795. The molecule has 0 bridgehead atoms. The van der Waals surface area contributed by atoms with Gasteiger partial charge in [-0.3, -0.25) is 9.10 Å². The Kier molecular flexibility index (Phi) is 8.07. The molecule has 0 saturated carbocycles. The highest BCUT2D eigenvalue weighted by Gasteiger charge is 2.26. The van der Waals surface area contributed by atoms with Crippen molar-refractivity contribution in [1.82, 2.24) is 5.32 Å². The van der Waals surface area contributed by atoms with Crippen molar-refractivity contribution in [2.75, 3.05) is 28.5 Å². The highest BCUT2D eigenvalue weighted by atomic mass is 32.2. The molecule has 1 heterocycles. The van der Waals surface area contributed by atoms with Crippen LogP contribution < -0.4 is 14.9 Å². The molecule has 172 valence electrons. The fourth-order valence-corrected chi connectivity index (χ4v) is 4.96. The first-order chi connectivity index (χ1) is 15.4. The number of aliphatic hydroxyl groups excluding tert-OH is 1. The van der Waals surface area contributed by atoms with Crippen molar-refractivity contribution >= 4 is 33.4 Å². The third kappa shape index (κ3) is 6.69. The molecule has 1 atom stereocenters. The number of hydrogen-bond acceptors (Lipinski definition) is 6. The lowest BCUT2D eigenvalue weighted by atomic mass is 10.2. The predicted octanol–water partition coefficient (Wildman–Crippen LogP) is 2.23. The van der Waals surface area contributed by atoms with Crippen molar-refractivity contribution in [2.24, 2.45) is 0 Å². The van der Waals surface area contributed by atoms with Crippen molar-refractivity contribution in [2.45, 2.75) is 31.9 Å². The maximum Gasteiger partial charge on any atom is 0.407 e. The normalized spacial score (nSPS) is 16.1. The molecule has 0 aliphatic carbocycles. The van der Waals surface area contributed by atoms with Crippen LogP contribution in [-0.4, -0.2) is 50.5 Å². The molecule has 0 spiro atoms. The van der Waals surface area contributed by atoms with E-state index in [9.17, 15) is 23.1 Å². The number of sulfonamides is 1. The first kappa shape index (κ1) is 23.6. The highest BCUT2D eigenvalue weighted by molar-refractivity contribution is 7.92. The lowest BCUT2D eigenvalue weighted by Crippen LogP contribution is -2.40. The van der Waals surface area contributed by atoms with E-state index in [1.165, 1.54) is 4.31 Å². The maximum atomic E-state index is 12.3. The average Bonchev–Trinajstić information content (AvgIpc) is 2.78. The second-order valence-electron chi connectivity index (χ2n) is 7.48. The van der Waals surface area contributed by atoms with Gasteiger partial charge in [-0.1, -0.05) is 30.3 Å². The van der Waals surface area contributed by atoms with Crippen LogP contribution in [0.3, 0.4) is 0 Å². The van der Waals surface area contributed by atoms with E-state index in [-0.39, 0.29) is 18.8 Å². The SMILES string of the molecule is O=C(C[C@H](CO)NC(=O)OCc1ccccc1)Nc1ccc(N2CCCCS2(=O)=O)cc1. The van der Waals surface area contributed by atoms with Crippen molar-refractivity contribution in [3.63, 3.8) is 0 Å². The summed E-state index contributed by atoms with van der Waals surface area (Å²) in [6.07, 6.45) is 0.584. The van der Waals surface area contributed by atoms with Crippen LogP contribution in [0.5, 0.6) is 0 Å². The third-order valence-corrected chi connectivity index (χ3v) is 6.84. The largest absolute Gasteiger partial charge is 0.445 e. The smallest absolute Gasteiger partial charge is 0.407 e. The second kappa shape index (κ2) is 11.0. The molecule has 0 aromatic heterocycles.